The lowest BCUT2D eigenvalue weighted by molar-refractivity contribution is -0.129. The number of para-hydroxylation sites is 1. The van der Waals surface area contributed by atoms with Crippen molar-refractivity contribution in [2.24, 2.45) is 0 Å². The zero-order chi connectivity index (χ0) is 21.5. The van der Waals surface area contributed by atoms with Crippen molar-refractivity contribution in [1.82, 2.24) is 24.6 Å². The quantitative estimate of drug-likeness (QED) is 0.553. The molecule has 0 atom stereocenters. The summed E-state index contributed by atoms with van der Waals surface area (Å²) in [5, 5.41) is 13.9. The van der Waals surface area contributed by atoms with E-state index in [2.05, 4.69) is 27.0 Å². The molecule has 0 unspecified atom stereocenters. The first-order chi connectivity index (χ1) is 15.2. The highest BCUT2D eigenvalue weighted by atomic mass is 32.2. The molecule has 0 radical (unpaired) electrons. The maximum Gasteiger partial charge on any atom is 0.321 e. The Morgan fingerprint density at radius 2 is 1.81 bits per heavy atom. The molecule has 1 aromatic carbocycles. The van der Waals surface area contributed by atoms with E-state index in [0.717, 1.165) is 23.8 Å². The first-order valence-electron chi connectivity index (χ1n) is 10.1. The Bertz CT molecular complexity index is 984. The van der Waals surface area contributed by atoms with Gasteiger partial charge in [0.25, 0.3) is 0 Å². The van der Waals surface area contributed by atoms with E-state index in [1.165, 1.54) is 16.6 Å². The lowest BCUT2D eigenvalue weighted by Gasteiger charge is -2.34. The minimum atomic E-state index is -0.133. The largest absolute Gasteiger partial charge is 0.338 e. The maximum absolute atomic E-state index is 12.6. The van der Waals surface area contributed by atoms with Crippen molar-refractivity contribution in [3.63, 3.8) is 0 Å². The third kappa shape index (κ3) is 5.86. The normalized spacial score (nSPS) is 13.9. The van der Waals surface area contributed by atoms with Crippen LogP contribution in [-0.4, -0.2) is 68.4 Å². The number of carbonyl (C=O) groups excluding carboxylic acids is 2. The fraction of sp³-hybridized carbons (Fsp3) is 0.333. The second kappa shape index (κ2) is 10.5. The summed E-state index contributed by atoms with van der Waals surface area (Å²) in [6.07, 6.45) is 2.63. The Labute approximate surface area is 189 Å². The number of piperazine rings is 1. The summed E-state index contributed by atoms with van der Waals surface area (Å²) in [7, 11) is 0. The minimum Gasteiger partial charge on any atom is -0.338 e. The third-order valence-electron chi connectivity index (χ3n) is 5.03. The van der Waals surface area contributed by atoms with Crippen LogP contribution < -0.4 is 5.32 Å². The first-order valence-corrected chi connectivity index (χ1v) is 12.0. The fourth-order valence-electron chi connectivity index (χ4n) is 3.30. The molecule has 2 aromatic heterocycles. The predicted molar refractivity (Wildman–Crippen MR) is 122 cm³/mol. The van der Waals surface area contributed by atoms with Gasteiger partial charge in [-0.3, -0.25) is 4.79 Å². The number of amides is 3. The number of aryl methyl sites for hydroxylation is 2. The van der Waals surface area contributed by atoms with Crippen molar-refractivity contribution in [3.8, 4) is 0 Å². The van der Waals surface area contributed by atoms with Crippen molar-refractivity contribution in [2.45, 2.75) is 18.1 Å². The van der Waals surface area contributed by atoms with E-state index in [9.17, 15) is 9.59 Å². The van der Waals surface area contributed by atoms with Gasteiger partial charge in [0, 0.05) is 43.3 Å². The standard InChI is InChI=1S/C21H24N6O2S2/c28-19(15-31-21-24-22-16-27(21)9-8-18-7-4-14-30-18)25-10-12-26(13-11-25)20(29)23-17-5-2-1-3-6-17/h1-7,14,16H,8-13,15H2,(H,23,29). The summed E-state index contributed by atoms with van der Waals surface area (Å²) in [6, 6.07) is 13.4. The van der Waals surface area contributed by atoms with Crippen molar-refractivity contribution >= 4 is 40.7 Å². The zero-order valence-corrected chi connectivity index (χ0v) is 18.6. The number of anilines is 1. The van der Waals surface area contributed by atoms with Crippen molar-refractivity contribution < 1.29 is 9.59 Å². The summed E-state index contributed by atoms with van der Waals surface area (Å²) >= 11 is 3.15. The predicted octanol–water partition coefficient (Wildman–Crippen LogP) is 3.05. The van der Waals surface area contributed by atoms with E-state index in [1.54, 1.807) is 22.6 Å². The van der Waals surface area contributed by atoms with Crippen LogP contribution >= 0.6 is 23.1 Å². The second-order valence-corrected chi connectivity index (χ2v) is 9.06. The Balaban J connectivity index is 1.21. The summed E-state index contributed by atoms with van der Waals surface area (Å²) in [5.74, 6) is 0.370. The third-order valence-corrected chi connectivity index (χ3v) is 6.93. The van der Waals surface area contributed by atoms with Gasteiger partial charge in [-0.15, -0.1) is 21.5 Å². The topological polar surface area (TPSA) is 83.4 Å². The number of thioether (sulfide) groups is 1. The number of nitrogens with one attached hydrogen (secondary N) is 1. The Morgan fingerprint density at radius 1 is 1.03 bits per heavy atom. The van der Waals surface area contributed by atoms with E-state index < -0.39 is 0 Å². The van der Waals surface area contributed by atoms with Crippen LogP contribution in [0.15, 0.2) is 59.3 Å². The number of hydrogen-bond donors (Lipinski definition) is 1. The molecule has 10 heteroatoms. The van der Waals surface area contributed by atoms with Crippen LogP contribution in [0.25, 0.3) is 0 Å². The Hall–Kier alpha value is -2.85. The monoisotopic (exact) mass is 456 g/mol. The number of nitrogens with zero attached hydrogens (tertiary/aromatic N) is 5. The number of thiophene rings is 1. The average Bonchev–Trinajstić information content (AvgIpc) is 3.48. The Kier molecular flexibility index (Phi) is 7.21. The van der Waals surface area contributed by atoms with Crippen LogP contribution in [0.1, 0.15) is 4.88 Å². The number of carbonyl (C=O) groups is 2. The molecule has 0 saturated carbocycles. The molecule has 1 fully saturated rings. The van der Waals surface area contributed by atoms with Gasteiger partial charge in [0.15, 0.2) is 5.16 Å². The molecule has 0 spiro atoms. The van der Waals surface area contributed by atoms with Gasteiger partial charge in [-0.25, -0.2) is 4.79 Å². The lowest BCUT2D eigenvalue weighted by Crippen LogP contribution is -2.52. The van der Waals surface area contributed by atoms with E-state index in [1.807, 2.05) is 45.9 Å². The van der Waals surface area contributed by atoms with Gasteiger partial charge in [0.1, 0.15) is 6.33 Å². The van der Waals surface area contributed by atoms with Crippen molar-refractivity contribution in [2.75, 3.05) is 37.2 Å². The molecular weight excluding hydrogens is 432 g/mol. The van der Waals surface area contributed by atoms with Gasteiger partial charge in [-0.2, -0.15) is 0 Å². The van der Waals surface area contributed by atoms with Gasteiger partial charge in [0.2, 0.25) is 5.91 Å². The lowest BCUT2D eigenvalue weighted by atomic mass is 10.3. The van der Waals surface area contributed by atoms with Crippen LogP contribution in [0.2, 0.25) is 0 Å². The van der Waals surface area contributed by atoms with Crippen LogP contribution in [0.4, 0.5) is 10.5 Å². The molecule has 31 heavy (non-hydrogen) atoms. The van der Waals surface area contributed by atoms with Gasteiger partial charge in [-0.05, 0) is 30.0 Å². The highest BCUT2D eigenvalue weighted by Gasteiger charge is 2.24. The minimum absolute atomic E-state index is 0.0564. The molecule has 1 aliphatic rings. The molecule has 3 heterocycles. The molecule has 3 amide bonds. The molecule has 1 saturated heterocycles. The van der Waals surface area contributed by atoms with E-state index in [0.29, 0.717) is 31.9 Å². The zero-order valence-electron chi connectivity index (χ0n) is 17.0. The fourth-order valence-corrected chi connectivity index (χ4v) is 4.84. The SMILES string of the molecule is O=C(CSc1nncn1CCc1cccs1)N1CCN(C(=O)Nc2ccccc2)CC1. The van der Waals surface area contributed by atoms with Gasteiger partial charge in [0.05, 0.1) is 5.75 Å². The molecule has 1 aliphatic heterocycles. The molecule has 162 valence electrons. The summed E-state index contributed by atoms with van der Waals surface area (Å²) in [6.45, 7) is 2.90. The summed E-state index contributed by atoms with van der Waals surface area (Å²) in [4.78, 5) is 29.9. The van der Waals surface area contributed by atoms with Crippen LogP contribution in [0.3, 0.4) is 0 Å². The number of rotatable bonds is 7. The van der Waals surface area contributed by atoms with Crippen LogP contribution in [0, 0.1) is 0 Å². The molecule has 0 bridgehead atoms. The van der Waals surface area contributed by atoms with Gasteiger partial charge < -0.3 is 19.7 Å². The van der Waals surface area contributed by atoms with Gasteiger partial charge in [-0.1, -0.05) is 36.0 Å². The first kappa shape index (κ1) is 21.4. The van der Waals surface area contributed by atoms with Crippen LogP contribution in [0.5, 0.6) is 0 Å². The van der Waals surface area contributed by atoms with Crippen molar-refractivity contribution in [1.29, 1.82) is 0 Å². The molecule has 4 rings (SSSR count). The molecule has 1 N–H and O–H groups in total. The maximum atomic E-state index is 12.6. The Morgan fingerprint density at radius 3 is 2.55 bits per heavy atom. The van der Waals surface area contributed by atoms with E-state index >= 15 is 0 Å². The number of benzene rings is 1. The molecular formula is C21H24N6O2S2. The number of hydrogen-bond acceptors (Lipinski definition) is 6. The van der Waals surface area contributed by atoms with Gasteiger partial charge >= 0.3 is 6.03 Å². The van der Waals surface area contributed by atoms with E-state index in [4.69, 9.17) is 0 Å². The summed E-state index contributed by atoms with van der Waals surface area (Å²) < 4.78 is 1.99. The second-order valence-electron chi connectivity index (χ2n) is 7.09. The van der Waals surface area contributed by atoms with Crippen LogP contribution in [-0.2, 0) is 17.8 Å². The van der Waals surface area contributed by atoms with Crippen molar-refractivity contribution in [3.05, 3.63) is 59.0 Å². The highest BCUT2D eigenvalue weighted by Crippen LogP contribution is 2.18. The number of aromatic nitrogens is 3. The highest BCUT2D eigenvalue weighted by molar-refractivity contribution is 7.99. The summed E-state index contributed by atoms with van der Waals surface area (Å²) in [5.41, 5.74) is 0.769. The molecule has 0 aliphatic carbocycles. The molecule has 8 nitrogen and oxygen atoms in total. The molecule has 3 aromatic rings. The smallest absolute Gasteiger partial charge is 0.321 e. The number of urea groups is 1. The van der Waals surface area contributed by atoms with E-state index in [-0.39, 0.29) is 11.9 Å². The average molecular weight is 457 g/mol.